The molecule has 0 amide bonds. The number of hydrogen-bond acceptors (Lipinski definition) is 2. The lowest BCUT2D eigenvalue weighted by atomic mass is 10.2. The summed E-state index contributed by atoms with van der Waals surface area (Å²) < 4.78 is 13.4. The number of aryl methyl sites for hydroxylation is 1. The van der Waals surface area contributed by atoms with E-state index in [1.807, 2.05) is 28.8 Å². The largest absolute Gasteiger partial charge is 0.390 e. The Kier molecular flexibility index (Phi) is 4.20. The highest BCUT2D eigenvalue weighted by Crippen LogP contribution is 2.23. The van der Waals surface area contributed by atoms with Gasteiger partial charge in [0.1, 0.15) is 0 Å². The zero-order valence-corrected chi connectivity index (χ0v) is 12.2. The summed E-state index contributed by atoms with van der Waals surface area (Å²) >= 11 is 5.96. The lowest BCUT2D eigenvalue weighted by Crippen LogP contribution is -2.14. The average Bonchev–Trinajstić information content (AvgIpc) is 2.65. The van der Waals surface area contributed by atoms with E-state index < -0.39 is 9.71 Å². The Morgan fingerprint density at radius 2 is 2.21 bits per heavy atom. The number of aliphatic hydroxyl groups excluding tert-OH is 1. The van der Waals surface area contributed by atoms with Crippen molar-refractivity contribution in [3.05, 3.63) is 35.0 Å². The molecule has 0 spiro atoms. The van der Waals surface area contributed by atoms with Crippen molar-refractivity contribution in [2.75, 3.05) is 6.26 Å². The van der Waals surface area contributed by atoms with Gasteiger partial charge in [0.2, 0.25) is 0 Å². The van der Waals surface area contributed by atoms with E-state index in [0.717, 1.165) is 16.6 Å². The molecule has 0 fully saturated rings. The van der Waals surface area contributed by atoms with E-state index in [1.54, 1.807) is 5.37 Å². The van der Waals surface area contributed by atoms with Crippen molar-refractivity contribution in [2.45, 2.75) is 19.6 Å². The highest BCUT2D eigenvalue weighted by Gasteiger charge is 2.08. The minimum atomic E-state index is -2.33. The number of benzene rings is 1. The number of aromatic nitrogens is 1. The lowest BCUT2D eigenvalue weighted by molar-refractivity contribution is 0.271. The Balaban J connectivity index is 2.38. The molecule has 4 nitrogen and oxygen atoms in total. The van der Waals surface area contributed by atoms with Crippen molar-refractivity contribution < 1.29 is 9.32 Å². The smallest absolute Gasteiger partial charge is 0.0833 e. The molecule has 0 aliphatic rings. The summed E-state index contributed by atoms with van der Waals surface area (Å²) in [7, 11) is -2.33. The molecule has 1 aromatic carbocycles. The summed E-state index contributed by atoms with van der Waals surface area (Å²) in [4.78, 5) is 0. The van der Waals surface area contributed by atoms with Gasteiger partial charge in [-0.25, -0.2) is 0 Å². The highest BCUT2D eigenvalue weighted by atomic mass is 35.5. The van der Waals surface area contributed by atoms with Crippen molar-refractivity contribution in [1.82, 2.24) is 4.57 Å². The molecule has 2 aromatic rings. The van der Waals surface area contributed by atoms with E-state index in [4.69, 9.17) is 16.7 Å². The molecule has 1 heterocycles. The Labute approximate surface area is 117 Å². The van der Waals surface area contributed by atoms with Gasteiger partial charge in [-0.3, -0.25) is 9.35 Å². The van der Waals surface area contributed by atoms with Crippen molar-refractivity contribution in [3.8, 4) is 0 Å². The zero-order valence-electron chi connectivity index (χ0n) is 10.7. The molecule has 1 aromatic heterocycles. The van der Waals surface area contributed by atoms with E-state index in [1.165, 1.54) is 6.26 Å². The molecule has 0 saturated carbocycles. The van der Waals surface area contributed by atoms with Crippen LogP contribution < -0.4 is 5.14 Å². The second kappa shape index (κ2) is 5.54. The van der Waals surface area contributed by atoms with Gasteiger partial charge in [0.05, 0.1) is 6.61 Å². The number of nitrogens with two attached hydrogens (primary N) is 1. The molecule has 0 aliphatic heterocycles. The number of halogens is 1. The van der Waals surface area contributed by atoms with E-state index in [9.17, 15) is 9.32 Å². The molecule has 104 valence electrons. The summed E-state index contributed by atoms with van der Waals surface area (Å²) in [5.74, 6) is 0. The van der Waals surface area contributed by atoms with Crippen LogP contribution in [-0.2, 0) is 22.9 Å². The molecule has 19 heavy (non-hydrogen) atoms. The highest BCUT2D eigenvalue weighted by molar-refractivity contribution is 7.98. The number of rotatable bonds is 4. The quantitative estimate of drug-likeness (QED) is 0.845. The van der Waals surface area contributed by atoms with Crippen LogP contribution in [0.2, 0.25) is 5.02 Å². The van der Waals surface area contributed by atoms with Crippen molar-refractivity contribution >= 4 is 37.6 Å². The van der Waals surface area contributed by atoms with Crippen LogP contribution in [-0.4, -0.2) is 25.5 Å². The van der Waals surface area contributed by atoms with Gasteiger partial charge < -0.3 is 9.67 Å². The second-order valence-corrected chi connectivity index (χ2v) is 7.27. The molecular formula is C13H17ClN2O2S. The van der Waals surface area contributed by atoms with Crippen LogP contribution in [0.25, 0.3) is 10.9 Å². The first kappa shape index (κ1) is 14.4. The molecule has 2 rings (SSSR count). The van der Waals surface area contributed by atoms with Gasteiger partial charge in [0.25, 0.3) is 0 Å². The van der Waals surface area contributed by atoms with Gasteiger partial charge in [-0.2, -0.15) is 0 Å². The predicted molar refractivity (Wildman–Crippen MR) is 81.8 cm³/mol. The van der Waals surface area contributed by atoms with Crippen LogP contribution in [0.1, 0.15) is 12.1 Å². The van der Waals surface area contributed by atoms with Gasteiger partial charge in [0, 0.05) is 44.1 Å². The monoisotopic (exact) mass is 300 g/mol. The van der Waals surface area contributed by atoms with Gasteiger partial charge in [-0.05, 0) is 36.1 Å². The third-order valence-corrected chi connectivity index (χ3v) is 4.05. The molecule has 0 radical (unpaired) electrons. The van der Waals surface area contributed by atoms with Crippen LogP contribution in [0, 0.1) is 0 Å². The summed E-state index contributed by atoms with van der Waals surface area (Å²) in [6, 6.07) is 7.51. The van der Waals surface area contributed by atoms with Gasteiger partial charge in [-0.15, -0.1) is 0 Å². The maximum atomic E-state index is 11.4. The third kappa shape index (κ3) is 3.51. The fraction of sp³-hybridized carbons (Fsp3) is 0.308. The summed E-state index contributed by atoms with van der Waals surface area (Å²) in [5.41, 5.74) is 1.81. The normalized spacial score (nSPS) is 14.5. The Hall–Kier alpha value is -1.01. The second-order valence-electron chi connectivity index (χ2n) is 4.57. The van der Waals surface area contributed by atoms with Crippen LogP contribution in [0.15, 0.2) is 24.3 Å². The average molecular weight is 301 g/mol. The Morgan fingerprint density at radius 1 is 1.47 bits per heavy atom. The maximum absolute atomic E-state index is 11.4. The summed E-state index contributed by atoms with van der Waals surface area (Å²) in [6.07, 6.45) is 2.10. The first-order valence-electron chi connectivity index (χ1n) is 5.89. The number of nitrogens with zero attached hydrogens (tertiary/aromatic N) is 1. The van der Waals surface area contributed by atoms with Crippen molar-refractivity contribution in [2.24, 2.45) is 5.14 Å². The maximum Gasteiger partial charge on any atom is 0.0833 e. The third-order valence-electron chi connectivity index (χ3n) is 2.91. The van der Waals surface area contributed by atoms with Crippen molar-refractivity contribution in [3.63, 3.8) is 0 Å². The van der Waals surface area contributed by atoms with Crippen LogP contribution in [0.3, 0.4) is 0 Å². The summed E-state index contributed by atoms with van der Waals surface area (Å²) in [5, 5.41) is 18.2. The molecule has 0 aliphatic carbocycles. The van der Waals surface area contributed by atoms with Gasteiger partial charge in [0.15, 0.2) is 0 Å². The Morgan fingerprint density at radius 3 is 2.84 bits per heavy atom. The van der Waals surface area contributed by atoms with Gasteiger partial charge >= 0.3 is 0 Å². The van der Waals surface area contributed by atoms with E-state index >= 15 is 0 Å². The van der Waals surface area contributed by atoms with Crippen LogP contribution in [0.5, 0.6) is 0 Å². The molecule has 3 N–H and O–H groups in total. The zero-order chi connectivity index (χ0) is 14.0. The lowest BCUT2D eigenvalue weighted by Gasteiger charge is -2.08. The fourth-order valence-corrected chi connectivity index (χ4v) is 2.86. The molecule has 0 saturated heterocycles. The van der Waals surface area contributed by atoms with Gasteiger partial charge in [-0.1, -0.05) is 11.6 Å². The fourth-order valence-electron chi connectivity index (χ4n) is 2.11. The Bertz CT molecular complexity index is 707. The van der Waals surface area contributed by atoms with E-state index in [-0.39, 0.29) is 6.61 Å². The van der Waals surface area contributed by atoms with E-state index in [2.05, 4.69) is 0 Å². The number of hydrogen-bond donors (Lipinski definition) is 2. The molecular weight excluding hydrogens is 284 g/mol. The number of aliphatic hydroxyl groups is 1. The predicted octanol–water partition coefficient (Wildman–Crippen LogP) is 1.77. The first-order chi connectivity index (χ1) is 8.90. The minimum absolute atomic E-state index is 0.0452. The standard InChI is InChI=1S/C13H17ClN2O2S/c1-19(15,18)6-2-5-16-12(9-17)8-10-7-11(14)3-4-13(10)16/h3-4,6-8,17H,2,5,9H2,1H3,(H2,15,18). The molecule has 0 bridgehead atoms. The SMILES string of the molecule is CS(N)(=O)=CCCn1c(CO)cc2cc(Cl)ccc21. The molecule has 1 unspecified atom stereocenters. The van der Waals surface area contributed by atoms with E-state index in [0.29, 0.717) is 18.0 Å². The van der Waals surface area contributed by atoms with Crippen molar-refractivity contribution in [1.29, 1.82) is 0 Å². The summed E-state index contributed by atoms with van der Waals surface area (Å²) in [6.45, 7) is 0.583. The topological polar surface area (TPSA) is 68.2 Å². The first-order valence-corrected chi connectivity index (χ1v) is 8.36. The minimum Gasteiger partial charge on any atom is -0.390 e. The van der Waals surface area contributed by atoms with Crippen LogP contribution >= 0.6 is 11.6 Å². The molecule has 6 heteroatoms. The van der Waals surface area contributed by atoms with Crippen LogP contribution in [0.4, 0.5) is 0 Å². The molecule has 1 atom stereocenters. The number of fused-ring (bicyclic) bond motifs is 1.